The molecule has 31 heavy (non-hydrogen) atoms. The second kappa shape index (κ2) is 9.50. The second-order valence-electron chi connectivity index (χ2n) is 6.67. The Hall–Kier alpha value is -2.89. The molecule has 1 amide bonds. The molecule has 1 aromatic heterocycles. The number of nitrogens with zero attached hydrogens (tertiary/aromatic N) is 3. The van der Waals surface area contributed by atoms with Crippen molar-refractivity contribution in [2.24, 2.45) is 4.99 Å². The average Bonchev–Trinajstić information content (AvgIpc) is 3.08. The number of methoxy groups -OCH3 is 1. The first-order chi connectivity index (χ1) is 14.7. The van der Waals surface area contributed by atoms with E-state index in [1.165, 1.54) is 35.6 Å². The van der Waals surface area contributed by atoms with Crippen LogP contribution in [0.15, 0.2) is 52.4 Å². The van der Waals surface area contributed by atoms with Gasteiger partial charge in [-0.15, -0.1) is 0 Å². The van der Waals surface area contributed by atoms with E-state index in [2.05, 4.69) is 4.99 Å². The number of nitro groups is 1. The van der Waals surface area contributed by atoms with Gasteiger partial charge in [0, 0.05) is 25.8 Å². The zero-order valence-corrected chi connectivity index (χ0v) is 18.6. The number of benzene rings is 2. The summed E-state index contributed by atoms with van der Waals surface area (Å²) in [6.45, 7) is 2.31. The van der Waals surface area contributed by atoms with Gasteiger partial charge in [0.25, 0.3) is 11.6 Å². The minimum Gasteiger partial charge on any atom is -0.383 e. The summed E-state index contributed by atoms with van der Waals surface area (Å²) in [5, 5.41) is 11.1. The summed E-state index contributed by atoms with van der Waals surface area (Å²) in [6, 6.07) is 10.7. The van der Waals surface area contributed by atoms with Crippen molar-refractivity contribution in [3.63, 3.8) is 0 Å². The molecule has 0 saturated heterocycles. The maximum atomic E-state index is 12.6. The van der Waals surface area contributed by atoms with Crippen molar-refractivity contribution in [1.29, 1.82) is 0 Å². The van der Waals surface area contributed by atoms with E-state index in [1.54, 1.807) is 36.8 Å². The van der Waals surface area contributed by atoms with E-state index in [0.717, 1.165) is 4.70 Å². The molecule has 2 aromatic carbocycles. The molecule has 0 N–H and O–H groups in total. The third kappa shape index (κ3) is 5.24. The highest BCUT2D eigenvalue weighted by Gasteiger charge is 2.14. The van der Waals surface area contributed by atoms with E-state index in [9.17, 15) is 23.3 Å². The van der Waals surface area contributed by atoms with Crippen molar-refractivity contribution < 1.29 is 22.9 Å². The predicted molar refractivity (Wildman–Crippen MR) is 117 cm³/mol. The van der Waals surface area contributed by atoms with Gasteiger partial charge in [-0.2, -0.15) is 4.99 Å². The molecule has 1 heterocycles. The monoisotopic (exact) mass is 463 g/mol. The van der Waals surface area contributed by atoms with Gasteiger partial charge in [0.15, 0.2) is 14.6 Å². The number of carbonyl (C=O) groups excluding carboxylic acids is 1. The number of fused-ring (bicyclic) bond motifs is 1. The lowest BCUT2D eigenvalue weighted by Crippen LogP contribution is -2.19. The van der Waals surface area contributed by atoms with Gasteiger partial charge in [0.1, 0.15) is 0 Å². The van der Waals surface area contributed by atoms with Crippen molar-refractivity contribution in [2.75, 3.05) is 19.5 Å². The molecule has 0 atom stereocenters. The van der Waals surface area contributed by atoms with Gasteiger partial charge in [-0.25, -0.2) is 8.42 Å². The third-order valence-corrected chi connectivity index (χ3v) is 7.44. The zero-order valence-electron chi connectivity index (χ0n) is 17.0. The number of non-ortho nitro benzene ring substituents is 1. The highest BCUT2D eigenvalue weighted by molar-refractivity contribution is 7.91. The predicted octanol–water partition coefficient (Wildman–Crippen LogP) is 2.72. The molecule has 0 bridgehead atoms. The Morgan fingerprint density at radius 3 is 2.55 bits per heavy atom. The first kappa shape index (κ1) is 22.8. The highest BCUT2D eigenvalue weighted by Crippen LogP contribution is 2.23. The number of aromatic nitrogens is 1. The second-order valence-corrected chi connectivity index (χ2v) is 9.96. The maximum absolute atomic E-state index is 12.6. The molecule has 0 spiro atoms. The van der Waals surface area contributed by atoms with Crippen molar-refractivity contribution in [3.05, 3.63) is 62.9 Å². The summed E-state index contributed by atoms with van der Waals surface area (Å²) < 4.78 is 31.4. The first-order valence-corrected chi connectivity index (χ1v) is 11.9. The number of ether oxygens (including phenoxy) is 1. The molecule has 0 saturated carbocycles. The number of hydrogen-bond donors (Lipinski definition) is 0. The van der Waals surface area contributed by atoms with Crippen LogP contribution in [-0.2, 0) is 32.3 Å². The number of carbonyl (C=O) groups is 1. The van der Waals surface area contributed by atoms with Crippen LogP contribution in [0.4, 0.5) is 5.69 Å². The van der Waals surface area contributed by atoms with E-state index >= 15 is 0 Å². The summed E-state index contributed by atoms with van der Waals surface area (Å²) in [6.07, 6.45) is 0.00508. The lowest BCUT2D eigenvalue weighted by atomic mass is 10.1. The van der Waals surface area contributed by atoms with Crippen LogP contribution in [0, 0.1) is 10.1 Å². The lowest BCUT2D eigenvalue weighted by Gasteiger charge is -2.04. The summed E-state index contributed by atoms with van der Waals surface area (Å²) in [4.78, 5) is 28.1. The molecule has 0 aliphatic heterocycles. The van der Waals surface area contributed by atoms with E-state index in [4.69, 9.17) is 4.74 Å². The van der Waals surface area contributed by atoms with Crippen LogP contribution in [0.2, 0.25) is 0 Å². The Labute approximate surface area is 182 Å². The molecule has 0 fully saturated rings. The zero-order chi connectivity index (χ0) is 22.6. The Morgan fingerprint density at radius 1 is 1.23 bits per heavy atom. The lowest BCUT2D eigenvalue weighted by molar-refractivity contribution is -0.384. The number of nitro benzene ring substituents is 1. The molecule has 0 radical (unpaired) electrons. The van der Waals surface area contributed by atoms with Gasteiger partial charge in [0.05, 0.1) is 38.8 Å². The van der Waals surface area contributed by atoms with Crippen LogP contribution in [0.1, 0.15) is 12.5 Å². The standard InChI is InChI=1S/C20H21N3O6S2/c1-3-31(27,28)16-7-4-14(5-8-16)12-19(24)21-20-22(10-11-29-2)17-13-15(23(25)26)6-9-18(17)30-20/h4-9,13H,3,10-12H2,1-2H3. The van der Waals surface area contributed by atoms with Crippen molar-refractivity contribution in [2.45, 2.75) is 24.8 Å². The van der Waals surface area contributed by atoms with E-state index in [1.807, 2.05) is 0 Å². The molecule has 164 valence electrons. The molecule has 0 aliphatic rings. The normalized spacial score (nSPS) is 12.4. The van der Waals surface area contributed by atoms with Crippen molar-refractivity contribution in [3.8, 4) is 0 Å². The Kier molecular flexibility index (Phi) is 6.98. The van der Waals surface area contributed by atoms with Crippen LogP contribution in [0.25, 0.3) is 10.2 Å². The Bertz CT molecular complexity index is 1290. The Balaban J connectivity index is 1.93. The van der Waals surface area contributed by atoms with Gasteiger partial charge in [-0.3, -0.25) is 14.9 Å². The largest absolute Gasteiger partial charge is 0.383 e. The number of hydrogen-bond acceptors (Lipinski definition) is 7. The van der Waals surface area contributed by atoms with Crippen LogP contribution in [-0.4, -0.2) is 43.3 Å². The number of thiazole rings is 1. The molecule has 11 heteroatoms. The summed E-state index contributed by atoms with van der Waals surface area (Å²) in [5.41, 5.74) is 1.21. The quantitative estimate of drug-likeness (QED) is 0.374. The van der Waals surface area contributed by atoms with Crippen molar-refractivity contribution >= 4 is 43.0 Å². The van der Waals surface area contributed by atoms with Gasteiger partial charge < -0.3 is 9.30 Å². The average molecular weight is 464 g/mol. The number of sulfone groups is 1. The van der Waals surface area contributed by atoms with Crippen molar-refractivity contribution in [1.82, 2.24) is 4.57 Å². The fourth-order valence-electron chi connectivity index (χ4n) is 2.96. The van der Waals surface area contributed by atoms with E-state index < -0.39 is 20.7 Å². The van der Waals surface area contributed by atoms with Crippen LogP contribution in [0.5, 0.6) is 0 Å². The molecule has 0 aliphatic carbocycles. The Morgan fingerprint density at radius 2 is 1.94 bits per heavy atom. The first-order valence-electron chi connectivity index (χ1n) is 9.41. The summed E-state index contributed by atoms with van der Waals surface area (Å²) >= 11 is 1.26. The molecule has 0 unspecified atom stereocenters. The SMILES string of the molecule is CCS(=O)(=O)c1ccc(CC(=O)N=c2sc3ccc([N+](=O)[O-])cc3n2CCOC)cc1. The van der Waals surface area contributed by atoms with Crippen LogP contribution >= 0.6 is 11.3 Å². The van der Waals surface area contributed by atoms with E-state index in [0.29, 0.717) is 29.0 Å². The maximum Gasteiger partial charge on any atom is 0.271 e. The van der Waals surface area contributed by atoms with Crippen LogP contribution in [0.3, 0.4) is 0 Å². The fraction of sp³-hybridized carbons (Fsp3) is 0.300. The fourth-order valence-corrected chi connectivity index (χ4v) is 4.89. The van der Waals surface area contributed by atoms with Crippen LogP contribution < -0.4 is 4.80 Å². The van der Waals surface area contributed by atoms with Gasteiger partial charge >= 0.3 is 0 Å². The summed E-state index contributed by atoms with van der Waals surface area (Å²) in [7, 11) is -1.76. The van der Waals surface area contributed by atoms with Gasteiger partial charge in [0.2, 0.25) is 0 Å². The molecule has 3 aromatic rings. The molecule has 9 nitrogen and oxygen atoms in total. The van der Waals surface area contributed by atoms with Gasteiger partial charge in [-0.05, 0) is 23.8 Å². The highest BCUT2D eigenvalue weighted by atomic mass is 32.2. The molecular formula is C20H21N3O6S2. The van der Waals surface area contributed by atoms with E-state index in [-0.39, 0.29) is 22.8 Å². The van der Waals surface area contributed by atoms with Gasteiger partial charge in [-0.1, -0.05) is 30.4 Å². The molecule has 3 rings (SSSR count). The minimum atomic E-state index is -3.30. The third-order valence-electron chi connectivity index (χ3n) is 4.63. The topological polar surface area (TPSA) is 121 Å². The smallest absolute Gasteiger partial charge is 0.271 e. The molecular weight excluding hydrogens is 442 g/mol. The number of rotatable bonds is 8. The summed E-state index contributed by atoms with van der Waals surface area (Å²) in [5.74, 6) is -0.398. The minimum absolute atomic E-state index is 0.00508. The number of amides is 1.